The number of anilines is 1. The van der Waals surface area contributed by atoms with Crippen LogP contribution < -0.4 is 5.32 Å². The van der Waals surface area contributed by atoms with E-state index in [0.29, 0.717) is 6.54 Å². The summed E-state index contributed by atoms with van der Waals surface area (Å²) < 4.78 is 2.06. The predicted octanol–water partition coefficient (Wildman–Crippen LogP) is 2.23. The van der Waals surface area contributed by atoms with Crippen molar-refractivity contribution >= 4 is 5.95 Å². The van der Waals surface area contributed by atoms with Crippen LogP contribution in [0, 0.1) is 6.92 Å². The van der Waals surface area contributed by atoms with Crippen LogP contribution in [0.5, 0.6) is 0 Å². The van der Waals surface area contributed by atoms with Crippen molar-refractivity contribution in [1.82, 2.24) is 14.5 Å². The van der Waals surface area contributed by atoms with Crippen LogP contribution in [-0.2, 0) is 6.54 Å². The van der Waals surface area contributed by atoms with Crippen LogP contribution in [0.1, 0.15) is 11.4 Å². The van der Waals surface area contributed by atoms with Gasteiger partial charge >= 0.3 is 0 Å². The number of aromatic nitrogens is 3. The lowest BCUT2D eigenvalue weighted by atomic mass is 10.3. The molecule has 4 heteroatoms. The third-order valence-corrected chi connectivity index (χ3v) is 2.36. The molecule has 0 atom stereocenters. The first-order chi connectivity index (χ1) is 8.29. The Hall–Kier alpha value is -2.10. The van der Waals surface area contributed by atoms with E-state index in [1.165, 1.54) is 0 Å². The van der Waals surface area contributed by atoms with Crippen molar-refractivity contribution < 1.29 is 0 Å². The van der Waals surface area contributed by atoms with Crippen LogP contribution in [0.4, 0.5) is 5.95 Å². The van der Waals surface area contributed by atoms with Crippen LogP contribution in [0.2, 0.25) is 0 Å². The second-order valence-corrected chi connectivity index (χ2v) is 3.82. The van der Waals surface area contributed by atoms with E-state index in [1.54, 1.807) is 6.20 Å². The maximum atomic E-state index is 4.42. The first kappa shape index (κ1) is 11.4. The highest BCUT2D eigenvalue weighted by molar-refractivity contribution is 5.30. The normalized spacial score (nSPS) is 10.2. The Morgan fingerprint density at radius 1 is 1.47 bits per heavy atom. The fraction of sp³-hybridized carbons (Fsp3) is 0.231. The Morgan fingerprint density at radius 3 is 3.06 bits per heavy atom. The Morgan fingerprint density at radius 2 is 2.35 bits per heavy atom. The largest absolute Gasteiger partial charge is 0.352 e. The molecular formula is C13H16N4. The van der Waals surface area contributed by atoms with Crippen molar-refractivity contribution in [1.29, 1.82) is 0 Å². The first-order valence-electron chi connectivity index (χ1n) is 5.58. The minimum atomic E-state index is 0.707. The van der Waals surface area contributed by atoms with E-state index >= 15 is 0 Å². The van der Waals surface area contributed by atoms with E-state index < -0.39 is 0 Å². The lowest BCUT2D eigenvalue weighted by molar-refractivity contribution is 0.777. The summed E-state index contributed by atoms with van der Waals surface area (Å²) in [6.45, 7) is 7.09. The number of hydrogen-bond acceptors (Lipinski definition) is 3. The maximum absolute atomic E-state index is 4.42. The van der Waals surface area contributed by atoms with E-state index in [9.17, 15) is 0 Å². The van der Waals surface area contributed by atoms with Crippen LogP contribution >= 0.6 is 0 Å². The zero-order valence-electron chi connectivity index (χ0n) is 9.93. The molecule has 17 heavy (non-hydrogen) atoms. The molecule has 0 saturated heterocycles. The minimum Gasteiger partial charge on any atom is -0.352 e. The number of nitrogens with one attached hydrogen (secondary N) is 1. The molecule has 2 aromatic rings. The molecule has 1 N–H and O–H groups in total. The van der Waals surface area contributed by atoms with Crippen molar-refractivity contribution in [3.8, 4) is 0 Å². The van der Waals surface area contributed by atoms with Crippen LogP contribution in [-0.4, -0.2) is 21.1 Å². The van der Waals surface area contributed by atoms with Crippen LogP contribution in [0.15, 0.2) is 43.2 Å². The molecule has 4 nitrogen and oxygen atoms in total. The molecule has 0 amide bonds. The highest BCUT2D eigenvalue weighted by Gasteiger charge is 2.05. The molecule has 0 saturated carbocycles. The highest BCUT2D eigenvalue weighted by atomic mass is 15.2. The van der Waals surface area contributed by atoms with Crippen LogP contribution in [0.3, 0.4) is 0 Å². The SMILES string of the molecule is C=CCNc1nc(C)cn1Cc1ccccn1. The second kappa shape index (κ2) is 5.30. The number of rotatable bonds is 5. The molecule has 2 aromatic heterocycles. The Labute approximate surface area is 101 Å². The number of aryl methyl sites for hydroxylation is 1. The highest BCUT2D eigenvalue weighted by Crippen LogP contribution is 2.10. The Balaban J connectivity index is 2.17. The molecule has 0 aliphatic carbocycles. The van der Waals surface area contributed by atoms with Gasteiger partial charge in [0.1, 0.15) is 0 Å². The molecule has 2 heterocycles. The standard InChI is InChI=1S/C13H16N4/c1-3-7-15-13-16-11(2)9-17(13)10-12-6-4-5-8-14-12/h3-6,8-9H,1,7,10H2,2H3,(H,15,16). The number of imidazole rings is 1. The van der Waals surface area contributed by atoms with Gasteiger partial charge in [-0.1, -0.05) is 12.1 Å². The molecular weight excluding hydrogens is 212 g/mol. The monoisotopic (exact) mass is 228 g/mol. The van der Waals surface area contributed by atoms with E-state index in [4.69, 9.17) is 0 Å². The zero-order chi connectivity index (χ0) is 12.1. The summed E-state index contributed by atoms with van der Waals surface area (Å²) in [5, 5.41) is 3.21. The third-order valence-electron chi connectivity index (χ3n) is 2.36. The molecule has 0 spiro atoms. The average Bonchev–Trinajstić information content (AvgIpc) is 2.68. The maximum Gasteiger partial charge on any atom is 0.203 e. The van der Waals surface area contributed by atoms with Crippen molar-refractivity contribution in [2.45, 2.75) is 13.5 Å². The van der Waals surface area contributed by atoms with Crippen molar-refractivity contribution in [3.63, 3.8) is 0 Å². The molecule has 0 aliphatic heterocycles. The fourth-order valence-electron chi connectivity index (χ4n) is 1.64. The van der Waals surface area contributed by atoms with Crippen molar-refractivity contribution in [2.24, 2.45) is 0 Å². The van der Waals surface area contributed by atoms with Gasteiger partial charge in [0.05, 0.1) is 17.9 Å². The molecule has 88 valence electrons. The van der Waals surface area contributed by atoms with Gasteiger partial charge in [-0.15, -0.1) is 6.58 Å². The van der Waals surface area contributed by atoms with Gasteiger partial charge in [0, 0.05) is 18.9 Å². The summed E-state index contributed by atoms with van der Waals surface area (Å²) in [4.78, 5) is 8.73. The molecule has 0 unspecified atom stereocenters. The predicted molar refractivity (Wildman–Crippen MR) is 69.0 cm³/mol. The summed E-state index contributed by atoms with van der Waals surface area (Å²) in [7, 11) is 0. The van der Waals surface area contributed by atoms with Gasteiger partial charge in [-0.25, -0.2) is 4.98 Å². The Kier molecular flexibility index (Phi) is 3.55. The molecule has 0 bridgehead atoms. The summed E-state index contributed by atoms with van der Waals surface area (Å²) in [6, 6.07) is 5.91. The van der Waals surface area contributed by atoms with Crippen LogP contribution in [0.25, 0.3) is 0 Å². The number of nitrogens with zero attached hydrogens (tertiary/aromatic N) is 3. The lowest BCUT2D eigenvalue weighted by Gasteiger charge is -2.07. The Bertz CT molecular complexity index is 487. The van der Waals surface area contributed by atoms with E-state index in [-0.39, 0.29) is 0 Å². The smallest absolute Gasteiger partial charge is 0.203 e. The van der Waals surface area contributed by atoms with E-state index in [1.807, 2.05) is 37.4 Å². The van der Waals surface area contributed by atoms with Gasteiger partial charge < -0.3 is 9.88 Å². The molecule has 0 fully saturated rings. The molecule has 0 aromatic carbocycles. The second-order valence-electron chi connectivity index (χ2n) is 3.82. The molecule has 0 aliphatic rings. The van der Waals surface area contributed by atoms with E-state index in [2.05, 4.69) is 26.4 Å². The minimum absolute atomic E-state index is 0.707. The average molecular weight is 228 g/mol. The third kappa shape index (κ3) is 2.93. The fourth-order valence-corrected chi connectivity index (χ4v) is 1.64. The van der Waals surface area contributed by atoms with Crippen molar-refractivity contribution in [2.75, 3.05) is 11.9 Å². The summed E-state index contributed by atoms with van der Waals surface area (Å²) in [5.74, 6) is 0.855. The quantitative estimate of drug-likeness (QED) is 0.798. The molecule has 0 radical (unpaired) electrons. The van der Waals surface area contributed by atoms with Gasteiger partial charge in [0.2, 0.25) is 5.95 Å². The topological polar surface area (TPSA) is 42.7 Å². The van der Waals surface area contributed by atoms with Crippen molar-refractivity contribution in [3.05, 3.63) is 54.6 Å². The summed E-state index contributed by atoms with van der Waals surface area (Å²) in [5.41, 5.74) is 2.01. The number of hydrogen-bond donors (Lipinski definition) is 1. The van der Waals surface area contributed by atoms with Gasteiger partial charge in [0.25, 0.3) is 0 Å². The van der Waals surface area contributed by atoms with Gasteiger partial charge in [-0.3, -0.25) is 4.98 Å². The van der Waals surface area contributed by atoms with Gasteiger partial charge in [-0.05, 0) is 19.1 Å². The zero-order valence-corrected chi connectivity index (χ0v) is 9.93. The van der Waals surface area contributed by atoms with Gasteiger partial charge in [-0.2, -0.15) is 0 Å². The summed E-state index contributed by atoms with van der Waals surface area (Å²) >= 11 is 0. The lowest BCUT2D eigenvalue weighted by Crippen LogP contribution is -2.08. The van der Waals surface area contributed by atoms with Gasteiger partial charge in [0.15, 0.2) is 0 Å². The first-order valence-corrected chi connectivity index (χ1v) is 5.58. The van der Waals surface area contributed by atoms with E-state index in [0.717, 1.165) is 23.9 Å². The number of pyridine rings is 1. The summed E-state index contributed by atoms with van der Waals surface area (Å²) in [6.07, 6.45) is 5.63. The molecule has 2 rings (SSSR count).